The highest BCUT2D eigenvalue weighted by Crippen LogP contribution is 2.19. The van der Waals surface area contributed by atoms with Gasteiger partial charge in [-0.25, -0.2) is 4.79 Å². The Morgan fingerprint density at radius 2 is 1.86 bits per heavy atom. The van der Waals surface area contributed by atoms with Crippen LogP contribution in [0.15, 0.2) is 59.1 Å². The number of nitrogens with zero attached hydrogens (tertiary/aromatic N) is 1. The van der Waals surface area contributed by atoms with Crippen LogP contribution in [0.1, 0.15) is 34.3 Å². The second kappa shape index (κ2) is 9.05. The first-order chi connectivity index (χ1) is 13.9. The molecule has 29 heavy (non-hydrogen) atoms. The number of amides is 1. The lowest BCUT2D eigenvalue weighted by Gasteiger charge is -2.14. The summed E-state index contributed by atoms with van der Waals surface area (Å²) in [5.74, 6) is 0.177. The third-order valence-electron chi connectivity index (χ3n) is 4.33. The Bertz CT molecular complexity index is 978. The maximum atomic E-state index is 12.4. The molecule has 1 atom stereocenters. The number of aromatic nitrogens is 1. The van der Waals surface area contributed by atoms with Crippen molar-refractivity contribution in [2.75, 3.05) is 5.32 Å². The SMILES string of the molecule is Cc1noc(C)c1COc1cccc(C(=O)O[C@@H](C)C(=O)Nc2ccccc2)c1. The molecule has 0 aliphatic heterocycles. The summed E-state index contributed by atoms with van der Waals surface area (Å²) in [6, 6.07) is 15.6. The molecule has 1 aromatic heterocycles. The molecule has 7 nitrogen and oxygen atoms in total. The van der Waals surface area contributed by atoms with Gasteiger partial charge in [0.15, 0.2) is 6.10 Å². The van der Waals surface area contributed by atoms with E-state index in [0.29, 0.717) is 22.8 Å². The molecule has 0 radical (unpaired) electrons. The Kier molecular flexibility index (Phi) is 6.29. The van der Waals surface area contributed by atoms with E-state index in [9.17, 15) is 9.59 Å². The van der Waals surface area contributed by atoms with Gasteiger partial charge in [-0.1, -0.05) is 29.4 Å². The Labute approximate surface area is 168 Å². The van der Waals surface area contributed by atoms with Gasteiger partial charge in [-0.15, -0.1) is 0 Å². The molecule has 0 saturated carbocycles. The number of benzene rings is 2. The van der Waals surface area contributed by atoms with Crippen molar-refractivity contribution in [1.29, 1.82) is 0 Å². The summed E-state index contributed by atoms with van der Waals surface area (Å²) in [5.41, 5.74) is 2.55. The summed E-state index contributed by atoms with van der Waals surface area (Å²) >= 11 is 0. The van der Waals surface area contributed by atoms with Crippen molar-refractivity contribution >= 4 is 17.6 Å². The molecule has 7 heteroatoms. The number of rotatable bonds is 7. The van der Waals surface area contributed by atoms with Gasteiger partial charge in [-0.3, -0.25) is 4.79 Å². The first-order valence-corrected chi connectivity index (χ1v) is 9.15. The van der Waals surface area contributed by atoms with Crippen molar-refractivity contribution in [3.8, 4) is 5.75 Å². The van der Waals surface area contributed by atoms with Crippen LogP contribution in [0.25, 0.3) is 0 Å². The third-order valence-corrected chi connectivity index (χ3v) is 4.33. The molecular formula is C22H22N2O5. The number of carbonyl (C=O) groups excluding carboxylic acids is 2. The molecule has 0 spiro atoms. The maximum absolute atomic E-state index is 12.4. The third kappa shape index (κ3) is 5.22. The standard InChI is InChI=1S/C22H22N2O5/c1-14-20(15(2)29-24-14)13-27-19-11-7-8-17(12-19)22(26)28-16(3)21(25)23-18-9-5-4-6-10-18/h4-12,16H,13H2,1-3H3,(H,23,25)/t16-/m0/s1. The van der Waals surface area contributed by atoms with Crippen LogP contribution in [0.3, 0.4) is 0 Å². The fourth-order valence-electron chi connectivity index (χ4n) is 2.62. The molecule has 0 bridgehead atoms. The molecule has 0 saturated heterocycles. The number of nitrogens with one attached hydrogen (secondary N) is 1. The van der Waals surface area contributed by atoms with Crippen LogP contribution < -0.4 is 10.1 Å². The van der Waals surface area contributed by atoms with Gasteiger partial charge in [-0.05, 0) is 51.1 Å². The van der Waals surface area contributed by atoms with Crippen LogP contribution in [0.5, 0.6) is 5.75 Å². The summed E-state index contributed by atoms with van der Waals surface area (Å²) in [6.07, 6.45) is -0.949. The summed E-state index contributed by atoms with van der Waals surface area (Å²) in [4.78, 5) is 24.6. The number of anilines is 1. The quantitative estimate of drug-likeness (QED) is 0.608. The van der Waals surface area contributed by atoms with Gasteiger partial charge in [-0.2, -0.15) is 0 Å². The van der Waals surface area contributed by atoms with E-state index in [0.717, 1.165) is 11.3 Å². The average molecular weight is 394 g/mol. The Hall–Kier alpha value is -3.61. The normalized spacial score (nSPS) is 11.6. The number of esters is 1. The molecule has 3 aromatic rings. The van der Waals surface area contributed by atoms with Crippen molar-refractivity contribution < 1.29 is 23.6 Å². The minimum atomic E-state index is -0.949. The fraction of sp³-hybridized carbons (Fsp3) is 0.227. The summed E-state index contributed by atoms with van der Waals surface area (Å²) < 4.78 is 16.1. The van der Waals surface area contributed by atoms with Gasteiger partial charge >= 0.3 is 5.97 Å². The van der Waals surface area contributed by atoms with Crippen molar-refractivity contribution in [3.05, 3.63) is 77.2 Å². The molecule has 0 unspecified atom stereocenters. The highest BCUT2D eigenvalue weighted by Gasteiger charge is 2.19. The van der Waals surface area contributed by atoms with Crippen LogP contribution >= 0.6 is 0 Å². The molecule has 0 fully saturated rings. The van der Waals surface area contributed by atoms with Crippen LogP contribution in [-0.2, 0) is 16.1 Å². The summed E-state index contributed by atoms with van der Waals surface area (Å²) in [6.45, 7) is 5.45. The lowest BCUT2D eigenvalue weighted by Crippen LogP contribution is -2.30. The lowest BCUT2D eigenvalue weighted by molar-refractivity contribution is -0.123. The van der Waals surface area contributed by atoms with Crippen LogP contribution in [-0.4, -0.2) is 23.1 Å². The molecule has 3 rings (SSSR count). The Morgan fingerprint density at radius 1 is 1.10 bits per heavy atom. The van der Waals surface area contributed by atoms with E-state index in [1.165, 1.54) is 6.92 Å². The molecule has 2 aromatic carbocycles. The Balaban J connectivity index is 1.59. The van der Waals surface area contributed by atoms with Gasteiger partial charge in [0.05, 0.1) is 16.8 Å². The lowest BCUT2D eigenvalue weighted by atomic mass is 10.2. The topological polar surface area (TPSA) is 90.7 Å². The van der Waals surface area contributed by atoms with E-state index < -0.39 is 18.0 Å². The largest absolute Gasteiger partial charge is 0.489 e. The maximum Gasteiger partial charge on any atom is 0.339 e. The molecular weight excluding hydrogens is 372 g/mol. The summed E-state index contributed by atoms with van der Waals surface area (Å²) in [5, 5.41) is 6.59. The first-order valence-electron chi connectivity index (χ1n) is 9.15. The van der Waals surface area contributed by atoms with Crippen LogP contribution in [0.2, 0.25) is 0 Å². The van der Waals surface area contributed by atoms with Crippen molar-refractivity contribution in [3.63, 3.8) is 0 Å². The van der Waals surface area contributed by atoms with Gasteiger partial charge in [0, 0.05) is 5.69 Å². The fourth-order valence-corrected chi connectivity index (χ4v) is 2.62. The average Bonchev–Trinajstić information content (AvgIpc) is 3.04. The minimum Gasteiger partial charge on any atom is -0.489 e. The van der Waals surface area contributed by atoms with Crippen molar-refractivity contribution in [1.82, 2.24) is 5.16 Å². The van der Waals surface area contributed by atoms with E-state index in [2.05, 4.69) is 10.5 Å². The zero-order valence-electron chi connectivity index (χ0n) is 16.5. The number of ether oxygens (including phenoxy) is 2. The van der Waals surface area contributed by atoms with Gasteiger partial charge in [0.2, 0.25) is 0 Å². The van der Waals surface area contributed by atoms with Gasteiger partial charge in [0.1, 0.15) is 18.1 Å². The van der Waals surface area contributed by atoms with Crippen molar-refractivity contribution in [2.45, 2.75) is 33.5 Å². The van der Waals surface area contributed by atoms with Gasteiger partial charge in [0.25, 0.3) is 5.91 Å². The second-order valence-electron chi connectivity index (χ2n) is 6.52. The minimum absolute atomic E-state index is 0.273. The number of hydrogen-bond acceptors (Lipinski definition) is 6. The first kappa shape index (κ1) is 20.1. The van der Waals surface area contributed by atoms with Gasteiger partial charge < -0.3 is 19.3 Å². The van der Waals surface area contributed by atoms with Crippen molar-refractivity contribution in [2.24, 2.45) is 0 Å². The van der Waals surface area contributed by atoms with E-state index in [1.807, 2.05) is 19.9 Å². The Morgan fingerprint density at radius 3 is 2.55 bits per heavy atom. The number of carbonyl (C=O) groups is 2. The van der Waals surface area contributed by atoms with E-state index in [4.69, 9.17) is 14.0 Å². The predicted molar refractivity (Wildman–Crippen MR) is 107 cm³/mol. The molecule has 1 heterocycles. The molecule has 1 amide bonds. The molecule has 1 N–H and O–H groups in total. The molecule has 0 aliphatic carbocycles. The van der Waals surface area contributed by atoms with E-state index in [-0.39, 0.29) is 6.61 Å². The number of hydrogen-bond donors (Lipinski definition) is 1. The molecule has 150 valence electrons. The van der Waals surface area contributed by atoms with Crippen LogP contribution in [0, 0.1) is 13.8 Å². The smallest absolute Gasteiger partial charge is 0.339 e. The molecule has 0 aliphatic rings. The highest BCUT2D eigenvalue weighted by atomic mass is 16.5. The number of aryl methyl sites for hydroxylation is 2. The monoisotopic (exact) mass is 394 g/mol. The highest BCUT2D eigenvalue weighted by molar-refractivity contribution is 5.97. The zero-order chi connectivity index (χ0) is 20.8. The predicted octanol–water partition coefficient (Wildman–Crippen LogP) is 4.05. The van der Waals surface area contributed by atoms with Crippen LogP contribution in [0.4, 0.5) is 5.69 Å². The number of para-hydroxylation sites is 1. The second-order valence-corrected chi connectivity index (χ2v) is 6.52. The zero-order valence-corrected chi connectivity index (χ0v) is 16.5. The van der Waals surface area contributed by atoms with E-state index >= 15 is 0 Å². The van der Waals surface area contributed by atoms with E-state index in [1.54, 1.807) is 48.5 Å². The summed E-state index contributed by atoms with van der Waals surface area (Å²) in [7, 11) is 0.